The third-order valence-electron chi connectivity index (χ3n) is 23.8. The summed E-state index contributed by atoms with van der Waals surface area (Å²) >= 11 is 25.4. The van der Waals surface area contributed by atoms with Crippen LogP contribution in [-0.4, -0.2) is 289 Å². The molecule has 4 saturated heterocycles. The van der Waals surface area contributed by atoms with Gasteiger partial charge >= 0.3 is 0 Å². The van der Waals surface area contributed by atoms with E-state index in [2.05, 4.69) is 61.2 Å². The van der Waals surface area contributed by atoms with Crippen molar-refractivity contribution in [1.29, 1.82) is 0 Å². The Bertz CT molecular complexity index is 7230. The van der Waals surface area contributed by atoms with Crippen LogP contribution in [0.4, 0.5) is 22.7 Å². The summed E-state index contributed by atoms with van der Waals surface area (Å²) in [5.41, 5.74) is 11.0. The highest BCUT2D eigenvalue weighted by molar-refractivity contribution is 7.90. The average molecular weight is 2200 g/mol. The number of rotatable bonds is 36. The minimum Gasteiger partial charge on any atom is -0.492 e. The van der Waals surface area contributed by atoms with E-state index in [0.717, 1.165) is 51.8 Å². The fourth-order valence-electron chi connectivity index (χ4n) is 16.6. The molecule has 2 atom stereocenters. The zero-order valence-electron chi connectivity index (χ0n) is 83.8. The van der Waals surface area contributed by atoms with Gasteiger partial charge in [0.2, 0.25) is 11.8 Å². The second kappa shape index (κ2) is 54.2. The zero-order chi connectivity index (χ0) is 107. The lowest BCUT2D eigenvalue weighted by Gasteiger charge is -2.35. The Morgan fingerprint density at radius 1 is 0.367 bits per heavy atom. The lowest BCUT2D eigenvalue weighted by Crippen LogP contribution is -2.48. The van der Waals surface area contributed by atoms with E-state index in [1.165, 1.54) is 18.6 Å². The highest BCUT2D eigenvalue weighted by Gasteiger charge is 2.28. The number of nitrogens with one attached hydrogen (secondary N) is 5. The number of nitrogens with zero attached hydrogens (tertiary/aromatic N) is 9. The monoisotopic (exact) mass is 2200 g/mol. The van der Waals surface area contributed by atoms with Gasteiger partial charge in [0.1, 0.15) is 49.4 Å². The molecule has 0 spiro atoms. The van der Waals surface area contributed by atoms with Crippen molar-refractivity contribution in [3.05, 3.63) is 308 Å². The molecule has 4 aliphatic rings. The second-order valence-electron chi connectivity index (χ2n) is 36.4. The molecule has 34 nitrogen and oxygen atoms in total. The first-order chi connectivity index (χ1) is 71.6. The van der Waals surface area contributed by atoms with Crippen molar-refractivity contribution in [1.82, 2.24) is 49.8 Å². The lowest BCUT2D eigenvalue weighted by atomic mass is 10.1. The van der Waals surface area contributed by atoms with Crippen LogP contribution in [0.2, 0.25) is 20.1 Å². The Kier molecular flexibility index (Phi) is 41.3. The van der Waals surface area contributed by atoms with Crippen molar-refractivity contribution in [2.45, 2.75) is 56.0 Å². The lowest BCUT2D eigenvalue weighted by molar-refractivity contribution is -0.130. The summed E-state index contributed by atoms with van der Waals surface area (Å²) in [5, 5.41) is 16.3. The molecule has 0 saturated carbocycles. The summed E-state index contributed by atoms with van der Waals surface area (Å²) in [6.07, 6.45) is 11.6. The third kappa shape index (κ3) is 36.2. The van der Waals surface area contributed by atoms with E-state index >= 15 is 0 Å². The summed E-state index contributed by atoms with van der Waals surface area (Å²) in [7, 11) is -13.2. The number of carbonyl (C=O) groups is 6. The minimum atomic E-state index is -3.33. The molecular weight excluding hydrogens is 2080 g/mol. The third-order valence-corrected chi connectivity index (χ3v) is 28.5. The molecule has 2 unspecified atom stereocenters. The SMILES string of the molecule is CC(=O)N1CCN(CCOc2cc(C(=O)Nc3ccc(Cl)c(-c4ccccn4)c3)ccc2CS(C)(=O)=O)CC1.CC1CN(CCOc2cc(C(=O)Nc3ccc(Cl)c(-c4ccccn4)c3)ccc2CS(C)(=O)=O)CC(C)O1.CS(=O)(=O)Cc1ccc(C(=O)Nc2ccc(Cl)c(-c3ccccn3)c2)cc1OCCN1CCNC(=O)C1.CS(=O)(=O)Cc1ccc(C(=O)Nc2ccc(Cl)c(-c3ccccn3)c2)cc1OCCN1CCOCC1. The molecule has 16 rings (SSSR count). The Morgan fingerprint density at radius 2 is 0.653 bits per heavy atom. The van der Waals surface area contributed by atoms with Gasteiger partial charge in [-0.2, -0.15) is 0 Å². The fraction of sp³-hybridized carbons (Fsp3) is 0.315. The largest absolute Gasteiger partial charge is 0.492 e. The molecule has 0 bridgehead atoms. The number of halogens is 4. The predicted octanol–water partition coefficient (Wildman–Crippen LogP) is 15.3. The average Bonchev–Trinajstić information content (AvgIpc) is 0.824. The van der Waals surface area contributed by atoms with Crippen molar-refractivity contribution in [2.75, 3.05) is 184 Å². The maximum Gasteiger partial charge on any atom is 0.255 e. The smallest absolute Gasteiger partial charge is 0.255 e. The number of amides is 6. The van der Waals surface area contributed by atoms with E-state index < -0.39 is 45.3 Å². The number of benzene rings is 8. The number of piperazine rings is 2. The molecule has 4 fully saturated rings. The van der Waals surface area contributed by atoms with Crippen LogP contribution in [0.3, 0.4) is 0 Å². The normalized spacial score (nSPS) is 15.2. The summed E-state index contributed by atoms with van der Waals surface area (Å²) < 4.78 is 131. The number of aromatic nitrogens is 4. The van der Waals surface area contributed by atoms with E-state index in [1.807, 2.05) is 90.4 Å². The number of pyridine rings is 4. The number of morpholine rings is 2. The van der Waals surface area contributed by atoms with Crippen LogP contribution in [0.15, 0.2) is 243 Å². The Hall–Kier alpha value is -12.9. The second-order valence-corrected chi connectivity index (χ2v) is 46.6. The molecule has 8 heterocycles. The van der Waals surface area contributed by atoms with Gasteiger partial charge in [-0.05, 0) is 184 Å². The van der Waals surface area contributed by atoms with Gasteiger partial charge in [0.25, 0.3) is 23.6 Å². The summed E-state index contributed by atoms with van der Waals surface area (Å²) in [6.45, 7) is 18.3. The van der Waals surface area contributed by atoms with Crippen LogP contribution in [0, 0.1) is 0 Å². The molecule has 792 valence electrons. The van der Waals surface area contributed by atoms with E-state index in [9.17, 15) is 62.4 Å². The first-order valence-electron chi connectivity index (χ1n) is 48.1. The van der Waals surface area contributed by atoms with E-state index in [1.54, 1.807) is 177 Å². The fourth-order valence-corrected chi connectivity index (χ4v) is 20.7. The van der Waals surface area contributed by atoms with Gasteiger partial charge in [0, 0.05) is 238 Å². The first kappa shape index (κ1) is 114. The predicted molar refractivity (Wildman–Crippen MR) is 584 cm³/mol. The van der Waals surface area contributed by atoms with Crippen molar-refractivity contribution >= 4 is 144 Å². The molecule has 4 aliphatic heterocycles. The van der Waals surface area contributed by atoms with Gasteiger partial charge in [0.15, 0.2) is 39.3 Å². The molecular formula is C108H118Cl4N14O20S4. The minimum absolute atomic E-state index is 0.0453. The maximum atomic E-state index is 13.1. The number of carbonyl (C=O) groups excluding carboxylic acids is 6. The quantitative estimate of drug-likeness (QED) is 0.0243. The Labute approximate surface area is 893 Å². The van der Waals surface area contributed by atoms with E-state index in [0.29, 0.717) is 241 Å². The van der Waals surface area contributed by atoms with Gasteiger partial charge in [0.05, 0.1) is 97.8 Å². The first-order valence-corrected chi connectivity index (χ1v) is 57.9. The summed E-state index contributed by atoms with van der Waals surface area (Å²) in [6, 6.07) is 61.7. The zero-order valence-corrected chi connectivity index (χ0v) is 90.1. The molecule has 6 amide bonds. The molecule has 42 heteroatoms. The Balaban J connectivity index is 0.000000167. The van der Waals surface area contributed by atoms with Crippen LogP contribution < -0.4 is 45.5 Å². The summed E-state index contributed by atoms with van der Waals surface area (Å²) in [4.78, 5) is 103. The molecule has 0 radical (unpaired) electrons. The maximum absolute atomic E-state index is 13.1. The molecule has 0 aliphatic carbocycles. The molecule has 12 aromatic rings. The highest BCUT2D eigenvalue weighted by Crippen LogP contribution is 2.37. The Morgan fingerprint density at radius 3 is 0.927 bits per heavy atom. The van der Waals surface area contributed by atoms with Crippen LogP contribution >= 0.6 is 46.4 Å². The number of hydrogen-bond donors (Lipinski definition) is 5. The van der Waals surface area contributed by atoms with Gasteiger partial charge in [-0.25, -0.2) is 33.7 Å². The molecule has 150 heavy (non-hydrogen) atoms. The number of hydrogen-bond acceptors (Lipinski definition) is 28. The van der Waals surface area contributed by atoms with Crippen LogP contribution in [-0.2, 0) is 81.4 Å². The van der Waals surface area contributed by atoms with Gasteiger partial charge in [-0.3, -0.25) is 68.3 Å². The number of sulfone groups is 4. The van der Waals surface area contributed by atoms with E-state index in [4.69, 9.17) is 74.8 Å². The summed E-state index contributed by atoms with van der Waals surface area (Å²) in [5.74, 6) is -0.814. The van der Waals surface area contributed by atoms with Crippen LogP contribution in [0.25, 0.3) is 45.0 Å². The van der Waals surface area contributed by atoms with Crippen LogP contribution in [0.5, 0.6) is 23.0 Å². The highest BCUT2D eigenvalue weighted by atomic mass is 35.5. The molecule has 5 N–H and O–H groups in total. The van der Waals surface area contributed by atoms with Crippen molar-refractivity contribution < 1.29 is 90.9 Å². The number of anilines is 4. The van der Waals surface area contributed by atoms with Crippen molar-refractivity contribution in [2.24, 2.45) is 0 Å². The number of ether oxygens (including phenoxy) is 6. The van der Waals surface area contributed by atoms with Gasteiger partial charge < -0.3 is 59.9 Å². The van der Waals surface area contributed by atoms with E-state index in [-0.39, 0.29) is 77.9 Å². The van der Waals surface area contributed by atoms with Crippen molar-refractivity contribution in [3.8, 4) is 68.0 Å². The topological polar surface area (TPSA) is 422 Å². The molecule has 4 aromatic heterocycles. The van der Waals surface area contributed by atoms with Crippen molar-refractivity contribution in [3.63, 3.8) is 0 Å². The van der Waals surface area contributed by atoms with Crippen LogP contribution in [0.1, 0.15) is 84.5 Å². The molecule has 8 aromatic carbocycles. The van der Waals surface area contributed by atoms with Gasteiger partial charge in [-0.1, -0.05) is 94.9 Å². The van der Waals surface area contributed by atoms with Gasteiger partial charge in [-0.15, -0.1) is 0 Å². The standard InChI is InChI=1S/C28H31ClN4O5S.C28H32ClN3O5S.C26H27ClN4O5S.C26H28ClN3O5S/c1-20(34)33-13-11-32(12-14-33)15-16-38-27-17-21(6-7-22(27)19-39(2,36)37)28(35)31-23-8-9-25(29)24(18-23)26-5-3-4-10-30-26;1-19-16-32(17-20(2)37-19)12-13-36-27-14-21(7-8-22(27)18-38(3,34)35)28(33)31-23-9-10-25(29)24(15-23)26-6-4-5-11-30-26;1-37(34,35)17-19-6-5-18(14-24(19)36-13-12-31-11-10-29-25(32)16-31)26(33)30-20-7-8-22(27)21(15-20)23-4-2-3-9-28-23;1-36(32,33)18-20-6-5-19(16-25(20)35-15-12-30-10-13-34-14-11-30)26(31)29-21-7-8-23(27)22(17-21)24-4-2-3-9-28-24/h3-10,17-18H,11-16,19H2,1-2H3,(H,31,35);4-11,14-15,19-20H,12-13,16-18H2,1-3H3,(H,31,33);2-9,14-15H,10-13,16-17H2,1H3,(H,29,32)(H,30,33);2-9,16-17H,10-15,18H2,1H3,(H,29,31).